The van der Waals surface area contributed by atoms with E-state index in [1.807, 2.05) is 0 Å². The summed E-state index contributed by atoms with van der Waals surface area (Å²) in [4.78, 5) is 12.3. The highest BCUT2D eigenvalue weighted by Crippen LogP contribution is 2.34. The van der Waals surface area contributed by atoms with Gasteiger partial charge in [-0.1, -0.05) is 12.1 Å². The second kappa shape index (κ2) is 7.80. The molecule has 0 aromatic heterocycles. The first-order valence-corrected chi connectivity index (χ1v) is 7.38. The van der Waals surface area contributed by atoms with Gasteiger partial charge in [0.1, 0.15) is 12.3 Å². The van der Waals surface area contributed by atoms with Crippen LogP contribution in [-0.2, 0) is 11.3 Å². The minimum Gasteiger partial charge on any atom is -0.367 e. The zero-order chi connectivity index (χ0) is 20.4. The molecule has 5 nitrogen and oxygen atoms in total. The lowest BCUT2D eigenvalue weighted by Crippen LogP contribution is -2.51. The molecule has 1 N–H and O–H groups in total. The molecule has 0 saturated carbocycles. The van der Waals surface area contributed by atoms with E-state index < -0.39 is 56.0 Å². The lowest BCUT2D eigenvalue weighted by atomic mass is 10.1. The van der Waals surface area contributed by atoms with Crippen molar-refractivity contribution >= 4 is 11.6 Å². The van der Waals surface area contributed by atoms with Crippen LogP contribution in [0.2, 0.25) is 0 Å². The van der Waals surface area contributed by atoms with Crippen LogP contribution >= 0.6 is 0 Å². The lowest BCUT2D eigenvalue weighted by molar-refractivity contribution is -0.176. The van der Waals surface area contributed by atoms with E-state index in [1.165, 1.54) is 12.1 Å². The molecule has 1 heterocycles. The number of halogens is 7. The van der Waals surface area contributed by atoms with Gasteiger partial charge in [0, 0.05) is 12.0 Å². The third-order valence-corrected chi connectivity index (χ3v) is 3.57. The second-order valence-corrected chi connectivity index (χ2v) is 5.67. The highest BCUT2D eigenvalue weighted by molar-refractivity contribution is 5.99. The number of alkyl halides is 7. The van der Waals surface area contributed by atoms with Gasteiger partial charge in [0.25, 0.3) is 18.8 Å². The molecule has 0 radical (unpaired) electrons. The fourth-order valence-electron chi connectivity index (χ4n) is 2.25. The molecule has 12 heteroatoms. The Balaban J connectivity index is 2.14. The van der Waals surface area contributed by atoms with Gasteiger partial charge < -0.3 is 9.84 Å². The predicted octanol–water partition coefficient (Wildman–Crippen LogP) is 3.19. The van der Waals surface area contributed by atoms with Gasteiger partial charge in [0.05, 0.1) is 6.61 Å². The number of carbonyl (C=O) groups excluding carboxylic acids is 1. The molecule has 1 aromatic rings. The van der Waals surface area contributed by atoms with E-state index in [4.69, 9.17) is 0 Å². The predicted molar refractivity (Wildman–Crippen MR) is 77.3 cm³/mol. The van der Waals surface area contributed by atoms with Crippen molar-refractivity contribution in [1.29, 1.82) is 0 Å². The second-order valence-electron chi connectivity index (χ2n) is 5.67. The zero-order valence-electron chi connectivity index (χ0n) is 13.4. The molecule has 1 amide bonds. The summed E-state index contributed by atoms with van der Waals surface area (Å²) in [5.74, 6) is -1.27. The van der Waals surface area contributed by atoms with Gasteiger partial charge in [-0.25, -0.2) is 17.6 Å². The lowest BCUT2D eigenvalue weighted by Gasteiger charge is -2.30. The molecule has 27 heavy (non-hydrogen) atoms. The molecule has 150 valence electrons. The molecule has 1 aliphatic heterocycles. The van der Waals surface area contributed by atoms with E-state index in [0.29, 0.717) is 0 Å². The molecule has 0 fully saturated rings. The minimum atomic E-state index is -4.51. The number of ether oxygens (including phenoxy) is 1. The first-order chi connectivity index (χ1) is 12.4. The molecule has 1 atom stereocenters. The summed E-state index contributed by atoms with van der Waals surface area (Å²) >= 11 is 0. The molecule has 0 aliphatic carbocycles. The summed E-state index contributed by atoms with van der Waals surface area (Å²) in [6, 6.07) is 4.52. The van der Waals surface area contributed by atoms with Gasteiger partial charge in [-0.15, -0.1) is 0 Å². The Morgan fingerprint density at radius 1 is 1.22 bits per heavy atom. The third kappa shape index (κ3) is 4.95. The summed E-state index contributed by atoms with van der Waals surface area (Å²) in [5, 5.41) is 12.9. The van der Waals surface area contributed by atoms with Gasteiger partial charge in [-0.3, -0.25) is 4.79 Å². The smallest absolute Gasteiger partial charge is 0.367 e. The quantitative estimate of drug-likeness (QED) is 0.744. The Labute approximate surface area is 148 Å². The average Bonchev–Trinajstić information content (AvgIpc) is 2.93. The summed E-state index contributed by atoms with van der Waals surface area (Å²) in [6.45, 7) is -1.90. The maximum Gasteiger partial charge on any atom is 0.411 e. The average molecular weight is 402 g/mol. The van der Waals surface area contributed by atoms with E-state index in [9.17, 15) is 40.6 Å². The zero-order valence-corrected chi connectivity index (χ0v) is 13.4. The topological polar surface area (TPSA) is 62.1 Å². The van der Waals surface area contributed by atoms with E-state index in [-0.39, 0.29) is 16.1 Å². The van der Waals surface area contributed by atoms with E-state index in [2.05, 4.69) is 9.84 Å². The monoisotopic (exact) mass is 402 g/mol. The van der Waals surface area contributed by atoms with E-state index in [0.717, 1.165) is 12.1 Å². The van der Waals surface area contributed by atoms with Crippen molar-refractivity contribution in [3.63, 3.8) is 0 Å². The van der Waals surface area contributed by atoms with Crippen LogP contribution in [0.5, 0.6) is 0 Å². The van der Waals surface area contributed by atoms with Crippen LogP contribution in [0.1, 0.15) is 22.3 Å². The third-order valence-electron chi connectivity index (χ3n) is 3.57. The van der Waals surface area contributed by atoms with Crippen LogP contribution in [0, 0.1) is 0 Å². The largest absolute Gasteiger partial charge is 0.411 e. The summed E-state index contributed by atoms with van der Waals surface area (Å²) in [6.07, 6.45) is -12.5. The van der Waals surface area contributed by atoms with Crippen LogP contribution < -0.4 is 0 Å². The van der Waals surface area contributed by atoms with Crippen molar-refractivity contribution in [3.05, 3.63) is 35.4 Å². The van der Waals surface area contributed by atoms with Crippen molar-refractivity contribution in [2.45, 2.75) is 37.8 Å². The first kappa shape index (κ1) is 21.1. The minimum absolute atomic E-state index is 0.103. The van der Waals surface area contributed by atoms with Crippen LogP contribution in [0.15, 0.2) is 29.4 Å². The molecule has 0 bridgehead atoms. The highest BCUT2D eigenvalue weighted by atomic mass is 19.4. The van der Waals surface area contributed by atoms with Gasteiger partial charge >= 0.3 is 6.18 Å². The maximum absolute atomic E-state index is 13.1. The summed E-state index contributed by atoms with van der Waals surface area (Å²) in [5.41, 5.74) is -4.31. The van der Waals surface area contributed by atoms with Gasteiger partial charge in [-0.05, 0) is 17.7 Å². The number of benzene rings is 1. The maximum atomic E-state index is 13.1. The highest BCUT2D eigenvalue weighted by Gasteiger charge is 2.53. The number of nitrogens with zero attached hydrogens (tertiary/aromatic N) is 2. The summed E-state index contributed by atoms with van der Waals surface area (Å²) < 4.78 is 92.1. The van der Waals surface area contributed by atoms with E-state index >= 15 is 0 Å². The van der Waals surface area contributed by atoms with Crippen molar-refractivity contribution < 1.29 is 45.4 Å². The first-order valence-electron chi connectivity index (χ1n) is 7.38. The SMILES string of the molecule is O=C(c1ccc(COCC(F)(F)F)cc1)N1N=C(C(F)F)CC1(O)C(F)F. The molecule has 0 spiro atoms. The van der Waals surface area contributed by atoms with Gasteiger partial charge in [0.2, 0.25) is 5.72 Å². The normalized spacial score (nSPS) is 20.5. The molecule has 1 aliphatic rings. The molecule has 1 aromatic carbocycles. The van der Waals surface area contributed by atoms with E-state index in [1.54, 1.807) is 0 Å². The number of rotatable bonds is 6. The van der Waals surface area contributed by atoms with Crippen molar-refractivity contribution in [1.82, 2.24) is 5.01 Å². The molecular formula is C15H13F7N2O3. The fraction of sp³-hybridized carbons (Fsp3) is 0.467. The Morgan fingerprint density at radius 3 is 2.30 bits per heavy atom. The Hall–Kier alpha value is -2.21. The number of amides is 1. The Kier molecular flexibility index (Phi) is 6.10. The number of hydrogen-bond acceptors (Lipinski definition) is 4. The number of carbonyl (C=O) groups is 1. The van der Waals surface area contributed by atoms with Gasteiger partial charge in [-0.2, -0.15) is 23.3 Å². The number of aliphatic hydroxyl groups is 1. The van der Waals surface area contributed by atoms with Crippen LogP contribution in [0.4, 0.5) is 30.7 Å². The van der Waals surface area contributed by atoms with Crippen molar-refractivity contribution in [3.8, 4) is 0 Å². The molecular weight excluding hydrogens is 389 g/mol. The number of hydrogen-bond donors (Lipinski definition) is 1. The van der Waals surface area contributed by atoms with Crippen LogP contribution in [0.25, 0.3) is 0 Å². The van der Waals surface area contributed by atoms with Crippen molar-refractivity contribution in [2.24, 2.45) is 5.10 Å². The standard InChI is InChI=1S/C15H13F7N2O3/c16-11(17)10-5-14(26,13(18)19)24(23-10)12(25)9-3-1-8(2-4-9)6-27-7-15(20,21)22/h1-4,11,13,26H,5-7H2. The van der Waals surface area contributed by atoms with Crippen LogP contribution in [0.3, 0.4) is 0 Å². The Morgan fingerprint density at radius 2 is 1.81 bits per heavy atom. The molecule has 2 rings (SSSR count). The van der Waals surface area contributed by atoms with Gasteiger partial charge in [0.15, 0.2) is 0 Å². The molecule has 1 unspecified atom stereocenters. The fourth-order valence-corrected chi connectivity index (χ4v) is 2.25. The van der Waals surface area contributed by atoms with Crippen molar-refractivity contribution in [2.75, 3.05) is 6.61 Å². The number of hydrazone groups is 1. The summed E-state index contributed by atoms with van der Waals surface area (Å²) in [7, 11) is 0. The van der Waals surface area contributed by atoms with Crippen LogP contribution in [-0.4, -0.2) is 53.1 Å². The Bertz CT molecular complexity index is 706. The molecule has 0 saturated heterocycles.